The fourth-order valence-electron chi connectivity index (χ4n) is 5.12. The van der Waals surface area contributed by atoms with Crippen molar-refractivity contribution in [2.75, 3.05) is 17.5 Å². The highest BCUT2D eigenvalue weighted by atomic mass is 35.5. The SMILES string of the molecule is CCOc1ccc(N(CC(=O)N(Cc2ccc(Cl)c(Cl)c2)[C@H](C)C(=O)NC2CCCCC2)S(=O)(=O)c2ccc(Cl)cc2)cc1. The van der Waals surface area contributed by atoms with Crippen molar-refractivity contribution in [3.8, 4) is 5.75 Å². The third kappa shape index (κ3) is 8.59. The third-order valence-electron chi connectivity index (χ3n) is 7.57. The van der Waals surface area contributed by atoms with E-state index in [4.69, 9.17) is 39.5 Å². The average Bonchev–Trinajstić information content (AvgIpc) is 3.01. The first-order valence-corrected chi connectivity index (χ1v) is 17.1. The van der Waals surface area contributed by atoms with Gasteiger partial charge < -0.3 is 15.0 Å². The number of halogens is 3. The number of carbonyl (C=O) groups excluding carboxylic acids is 2. The van der Waals surface area contributed by atoms with E-state index in [9.17, 15) is 18.0 Å². The summed E-state index contributed by atoms with van der Waals surface area (Å²) >= 11 is 18.4. The van der Waals surface area contributed by atoms with Crippen molar-refractivity contribution in [1.82, 2.24) is 10.2 Å². The van der Waals surface area contributed by atoms with Crippen LogP contribution in [0.5, 0.6) is 5.75 Å². The maximum Gasteiger partial charge on any atom is 0.264 e. The summed E-state index contributed by atoms with van der Waals surface area (Å²) in [6, 6.07) is 16.2. The average molecular weight is 681 g/mol. The molecule has 1 fully saturated rings. The summed E-state index contributed by atoms with van der Waals surface area (Å²) in [6.45, 7) is 3.36. The van der Waals surface area contributed by atoms with E-state index in [2.05, 4.69) is 5.32 Å². The molecule has 1 saturated carbocycles. The van der Waals surface area contributed by atoms with Crippen LogP contribution in [0.3, 0.4) is 0 Å². The summed E-state index contributed by atoms with van der Waals surface area (Å²) < 4.78 is 34.5. The molecule has 0 bridgehead atoms. The molecule has 0 heterocycles. The van der Waals surface area contributed by atoms with Crippen molar-refractivity contribution in [3.05, 3.63) is 87.4 Å². The summed E-state index contributed by atoms with van der Waals surface area (Å²) in [7, 11) is -4.23. The number of carbonyl (C=O) groups is 2. The van der Waals surface area contributed by atoms with E-state index < -0.39 is 28.5 Å². The second kappa shape index (κ2) is 15.3. The summed E-state index contributed by atoms with van der Waals surface area (Å²) in [6.07, 6.45) is 4.96. The summed E-state index contributed by atoms with van der Waals surface area (Å²) in [5.74, 6) is -0.326. The number of ether oxygens (including phenoxy) is 1. The molecule has 0 spiro atoms. The number of nitrogens with one attached hydrogen (secondary N) is 1. The Bertz CT molecular complexity index is 1550. The highest BCUT2D eigenvalue weighted by molar-refractivity contribution is 7.92. The minimum Gasteiger partial charge on any atom is -0.494 e. The molecule has 4 rings (SSSR count). The van der Waals surface area contributed by atoms with Gasteiger partial charge in [-0.05, 0) is 92.9 Å². The normalized spacial score (nSPS) is 14.5. The molecular formula is C32H36Cl3N3O5S. The van der Waals surface area contributed by atoms with Gasteiger partial charge in [-0.15, -0.1) is 0 Å². The van der Waals surface area contributed by atoms with Crippen LogP contribution in [-0.2, 0) is 26.2 Å². The van der Waals surface area contributed by atoms with Crippen molar-refractivity contribution in [1.29, 1.82) is 0 Å². The highest BCUT2D eigenvalue weighted by Crippen LogP contribution is 2.28. The molecule has 8 nitrogen and oxygen atoms in total. The van der Waals surface area contributed by atoms with Gasteiger partial charge >= 0.3 is 0 Å². The molecule has 1 aliphatic carbocycles. The van der Waals surface area contributed by atoms with E-state index in [-0.39, 0.29) is 29.1 Å². The van der Waals surface area contributed by atoms with Crippen LogP contribution in [0.15, 0.2) is 71.6 Å². The van der Waals surface area contributed by atoms with Crippen molar-refractivity contribution in [3.63, 3.8) is 0 Å². The minimum absolute atomic E-state index is 0.00703. The molecule has 0 aromatic heterocycles. The number of nitrogens with zero attached hydrogens (tertiary/aromatic N) is 2. The Hall–Kier alpha value is -2.98. The zero-order valence-corrected chi connectivity index (χ0v) is 27.7. The Labute approximate surface area is 274 Å². The smallest absolute Gasteiger partial charge is 0.264 e. The van der Waals surface area contributed by atoms with E-state index in [0.717, 1.165) is 36.4 Å². The van der Waals surface area contributed by atoms with Crippen molar-refractivity contribution >= 4 is 62.3 Å². The molecular weight excluding hydrogens is 645 g/mol. The quantitative estimate of drug-likeness (QED) is 0.220. The molecule has 12 heteroatoms. The Morgan fingerprint density at radius 2 is 1.59 bits per heavy atom. The Kier molecular flexibility index (Phi) is 11.8. The summed E-state index contributed by atoms with van der Waals surface area (Å²) in [5, 5.41) is 4.12. The van der Waals surface area contributed by atoms with Gasteiger partial charge in [0.1, 0.15) is 18.3 Å². The Balaban J connectivity index is 1.69. The van der Waals surface area contributed by atoms with Crippen LogP contribution >= 0.6 is 34.8 Å². The number of hydrogen-bond acceptors (Lipinski definition) is 5. The number of anilines is 1. The molecule has 1 N–H and O–H groups in total. The molecule has 0 saturated heterocycles. The predicted molar refractivity (Wildman–Crippen MR) is 175 cm³/mol. The van der Waals surface area contributed by atoms with Gasteiger partial charge in [0, 0.05) is 17.6 Å². The lowest BCUT2D eigenvalue weighted by Crippen LogP contribution is -2.53. The molecule has 44 heavy (non-hydrogen) atoms. The van der Waals surface area contributed by atoms with Crippen LogP contribution in [0, 0.1) is 0 Å². The van der Waals surface area contributed by atoms with Crippen LogP contribution in [0.4, 0.5) is 5.69 Å². The number of rotatable bonds is 12. The van der Waals surface area contributed by atoms with Gasteiger partial charge in [-0.25, -0.2) is 8.42 Å². The Morgan fingerprint density at radius 1 is 0.932 bits per heavy atom. The maximum atomic E-state index is 14.2. The zero-order chi connectivity index (χ0) is 31.9. The monoisotopic (exact) mass is 679 g/mol. The van der Waals surface area contributed by atoms with Crippen molar-refractivity contribution < 1.29 is 22.7 Å². The first-order valence-electron chi connectivity index (χ1n) is 14.5. The first-order chi connectivity index (χ1) is 21.0. The van der Waals surface area contributed by atoms with Crippen LogP contribution in [-0.4, -0.2) is 50.4 Å². The van der Waals surface area contributed by atoms with E-state index in [1.165, 1.54) is 29.2 Å². The van der Waals surface area contributed by atoms with Gasteiger partial charge in [0.15, 0.2) is 0 Å². The number of amides is 2. The van der Waals surface area contributed by atoms with Crippen LogP contribution in [0.2, 0.25) is 15.1 Å². The number of sulfonamides is 1. The van der Waals surface area contributed by atoms with Crippen LogP contribution < -0.4 is 14.4 Å². The first kappa shape index (κ1) is 33.9. The third-order valence-corrected chi connectivity index (χ3v) is 10.4. The standard InChI is InChI=1S/C32H36Cl3N3O5S/c1-3-43-27-14-12-26(13-15-27)38(44(41,42)28-16-10-24(33)11-17-28)21-31(39)37(20-23-9-18-29(34)30(35)19-23)22(2)32(40)36-25-7-5-4-6-8-25/h9-19,22,25H,3-8,20-21H2,1-2H3,(H,36,40)/t22-/m1/s1. The maximum absolute atomic E-state index is 14.2. The fraction of sp³-hybridized carbons (Fsp3) is 0.375. The zero-order valence-electron chi connectivity index (χ0n) is 24.6. The molecule has 0 radical (unpaired) electrons. The fourth-order valence-corrected chi connectivity index (χ4v) is 6.98. The molecule has 2 amide bonds. The van der Waals surface area contributed by atoms with Gasteiger partial charge in [-0.1, -0.05) is 60.1 Å². The predicted octanol–water partition coefficient (Wildman–Crippen LogP) is 7.11. The molecule has 236 valence electrons. The van der Waals surface area contributed by atoms with Gasteiger partial charge in [-0.3, -0.25) is 13.9 Å². The lowest BCUT2D eigenvalue weighted by Gasteiger charge is -2.33. The summed E-state index contributed by atoms with van der Waals surface area (Å²) in [5.41, 5.74) is 0.892. The molecule has 3 aromatic rings. The van der Waals surface area contributed by atoms with Gasteiger partial charge in [0.05, 0.1) is 27.2 Å². The van der Waals surface area contributed by atoms with E-state index in [1.54, 1.807) is 49.4 Å². The largest absolute Gasteiger partial charge is 0.494 e. The highest BCUT2D eigenvalue weighted by Gasteiger charge is 2.33. The van der Waals surface area contributed by atoms with Crippen LogP contribution in [0.25, 0.3) is 0 Å². The van der Waals surface area contributed by atoms with Crippen molar-refractivity contribution in [2.45, 2.75) is 69.5 Å². The topological polar surface area (TPSA) is 96.0 Å². The second-order valence-electron chi connectivity index (χ2n) is 10.7. The Morgan fingerprint density at radius 3 is 2.20 bits per heavy atom. The molecule has 0 aliphatic heterocycles. The van der Waals surface area contributed by atoms with Gasteiger partial charge in [-0.2, -0.15) is 0 Å². The van der Waals surface area contributed by atoms with Crippen molar-refractivity contribution in [2.24, 2.45) is 0 Å². The van der Waals surface area contributed by atoms with Gasteiger partial charge in [0.25, 0.3) is 10.0 Å². The van der Waals surface area contributed by atoms with E-state index >= 15 is 0 Å². The number of hydrogen-bond donors (Lipinski definition) is 1. The summed E-state index contributed by atoms with van der Waals surface area (Å²) in [4.78, 5) is 29.0. The lowest BCUT2D eigenvalue weighted by atomic mass is 9.95. The van der Waals surface area contributed by atoms with Crippen LogP contribution in [0.1, 0.15) is 51.5 Å². The van der Waals surface area contributed by atoms with Gasteiger partial charge in [0.2, 0.25) is 11.8 Å². The lowest BCUT2D eigenvalue weighted by molar-refractivity contribution is -0.139. The molecule has 1 aliphatic rings. The molecule has 0 unspecified atom stereocenters. The minimum atomic E-state index is -4.23. The van der Waals surface area contributed by atoms with E-state index in [1.807, 2.05) is 6.92 Å². The molecule has 1 atom stereocenters. The molecule has 3 aromatic carbocycles. The second-order valence-corrected chi connectivity index (χ2v) is 13.8. The van der Waals surface area contributed by atoms with E-state index in [0.29, 0.717) is 33.0 Å². The number of benzene rings is 3.